The molecule has 0 spiro atoms. The minimum Gasteiger partial charge on any atom is -0.261 e. The average Bonchev–Trinajstić information content (AvgIpc) is 1.66. The quantitative estimate of drug-likeness (QED) is 0.136. The zero-order valence-corrected chi connectivity index (χ0v) is 73.1. The molecule has 0 unspecified atom stereocenters. The third kappa shape index (κ3) is 33.0. The molecule has 9 aliphatic rings. The van der Waals surface area contributed by atoms with Gasteiger partial charge in [0.05, 0.1) is 109 Å². The van der Waals surface area contributed by atoms with Crippen LogP contribution in [0.25, 0.3) is 32.7 Å². The van der Waals surface area contributed by atoms with Gasteiger partial charge in [-0.2, -0.15) is 30.6 Å². The summed E-state index contributed by atoms with van der Waals surface area (Å²) in [6.45, 7) is 41.8. The first-order chi connectivity index (χ1) is 59.1. The number of nitrogens with zero attached hydrogens (tertiary/aromatic N) is 26. The lowest BCUT2D eigenvalue weighted by Crippen LogP contribution is -2.21. The van der Waals surface area contributed by atoms with Gasteiger partial charge in [-0.25, -0.2) is 34.9 Å². The second-order valence-corrected chi connectivity index (χ2v) is 21.6. The van der Waals surface area contributed by atoms with Gasteiger partial charge in [0, 0.05) is 134 Å². The molecule has 7 aromatic heterocycles. The van der Waals surface area contributed by atoms with E-state index in [9.17, 15) is 0 Å². The van der Waals surface area contributed by atoms with Crippen LogP contribution >= 0.6 is 0 Å². The predicted molar refractivity (Wildman–Crippen MR) is 492 cm³/mol. The summed E-state index contributed by atoms with van der Waals surface area (Å²) in [7, 11) is 0. The van der Waals surface area contributed by atoms with Gasteiger partial charge < -0.3 is 0 Å². The van der Waals surface area contributed by atoms with Crippen LogP contribution in [0.2, 0.25) is 0 Å². The average molecular weight is 1600 g/mol. The van der Waals surface area contributed by atoms with E-state index >= 15 is 0 Å². The van der Waals surface area contributed by atoms with E-state index in [0.29, 0.717) is 20.0 Å². The summed E-state index contributed by atoms with van der Waals surface area (Å²) in [4.78, 5) is 81.9. The number of aromatic nitrogens is 14. The smallest absolute Gasteiger partial charge is 0.173 e. The number of rotatable bonds is 0. The van der Waals surface area contributed by atoms with Crippen molar-refractivity contribution in [3.8, 4) is 0 Å². The van der Waals surface area contributed by atoms with Gasteiger partial charge in [-0.05, 0) is 65.7 Å². The Labute approximate surface area is 702 Å². The second-order valence-electron chi connectivity index (χ2n) is 21.6. The van der Waals surface area contributed by atoms with Gasteiger partial charge in [-0.15, -0.1) is 0 Å². The molecule has 22 rings (SSSR count). The molecule has 6 aromatic carbocycles. The standard InChI is InChI=1S/2C9H7N3.3C8H6N2.C7H6N2.4C6H5N3.10C2H6/c1-2-10-7-4-9-8(3-6(1)7)11-5-12-9;1-2-7-9(12-5-11-7)8-6(1)3-4-10-8;1-2-4-8-6-10-9-5-7(8)3-1;1-2-4-8-7(3-1)9-5-6-10-8;1-2-4-8-7(3-1)5-6-9-10-8;1-2-4-7-6(3-1)8-5-9-7;1-2-8-6-3-7-4-9-5(1)6;1-2-8-6-5(1)3-7-4-9-6;1-2-7-6-4-9-8-3-5(1)6;1-2-8-6-5(1)7-3-4-9-6;10*1-2/h2-4H,1,5H2;1-2,4H,3,5H2;3*1-6H;1-4H,5H2;4*2-4H,1H2;10*1-2H3. The van der Waals surface area contributed by atoms with Gasteiger partial charge in [0.1, 0.15) is 43.7 Å². The molecule has 16 heterocycles. The summed E-state index contributed by atoms with van der Waals surface area (Å²) in [5.41, 5.74) is 13.7. The Hall–Kier alpha value is -13.5. The maximum atomic E-state index is 4.29. The first kappa shape index (κ1) is 99.7. The van der Waals surface area contributed by atoms with E-state index in [1.807, 2.05) is 291 Å². The zero-order valence-electron chi connectivity index (χ0n) is 73.1. The number of benzene rings is 6. The summed E-state index contributed by atoms with van der Waals surface area (Å²) in [6.07, 6.45) is 38.6. The SMILES string of the molecule is C1=Nc2c(ccc3c2=NCN=3)C1.C1=Nc2cc3c(cc2C1)=NCN=3.C1=Nc2cncnc2C1.C1=Nc2cnncc2C1.C1=Nc2nccnc2C1.C1=Nc2ncncc2C1.CC.CC.CC.CC.CC.CC.CC.CC.CC.CC.c1ccc2c(c1)=NCN=2.c1ccc2cnncc2c1.c1ccc2nccnc2c1.c1ccc2nnccc2c1. The van der Waals surface area contributed by atoms with Gasteiger partial charge in [0.2, 0.25) is 0 Å². The highest BCUT2D eigenvalue weighted by Gasteiger charge is 2.13. The fraction of sp³-hybridized carbons (Fsp3) is 0.312. The van der Waals surface area contributed by atoms with Crippen molar-refractivity contribution >= 4 is 104 Å². The van der Waals surface area contributed by atoms with Gasteiger partial charge in [0.25, 0.3) is 0 Å². The summed E-state index contributed by atoms with van der Waals surface area (Å²) in [5.74, 6) is 1.60. The molecule has 0 saturated heterocycles. The van der Waals surface area contributed by atoms with Crippen molar-refractivity contribution in [2.75, 3.05) is 20.0 Å². The van der Waals surface area contributed by atoms with Crippen LogP contribution < -0.4 is 32.1 Å². The lowest BCUT2D eigenvalue weighted by Gasteiger charge is -1.93. The molecule has 26 nitrogen and oxygen atoms in total. The molecular weight excluding hydrogens is 1480 g/mol. The topological polar surface area (TPSA) is 329 Å². The van der Waals surface area contributed by atoms with E-state index in [1.165, 1.54) is 23.0 Å². The molecule has 0 atom stereocenters. The van der Waals surface area contributed by atoms with Crippen molar-refractivity contribution in [1.29, 1.82) is 0 Å². The van der Waals surface area contributed by atoms with Crippen molar-refractivity contribution in [2.45, 2.75) is 177 Å². The number of fused-ring (bicyclic) bond motifs is 13. The molecule has 0 N–H and O–H groups in total. The van der Waals surface area contributed by atoms with Crippen LogP contribution in [0.1, 0.15) is 172 Å². The fourth-order valence-electron chi connectivity index (χ4n) is 10.3. The Morgan fingerprint density at radius 2 is 0.714 bits per heavy atom. The van der Waals surface area contributed by atoms with Gasteiger partial charge in [-0.1, -0.05) is 211 Å². The molecule has 620 valence electrons. The molecule has 0 bridgehead atoms. The Bertz CT molecular complexity index is 5010. The van der Waals surface area contributed by atoms with Crippen LogP contribution in [0.15, 0.2) is 268 Å². The van der Waals surface area contributed by atoms with E-state index in [-0.39, 0.29) is 0 Å². The Morgan fingerprint density at radius 3 is 1.34 bits per heavy atom. The van der Waals surface area contributed by atoms with E-state index in [4.69, 9.17) is 0 Å². The highest BCUT2D eigenvalue weighted by molar-refractivity contribution is 5.81. The normalized spacial score (nSPS) is 11.6. The molecule has 0 saturated carbocycles. The van der Waals surface area contributed by atoms with Crippen LogP contribution in [-0.4, -0.2) is 128 Å². The molecule has 9 aliphatic heterocycles. The van der Waals surface area contributed by atoms with Crippen LogP contribution in [0.5, 0.6) is 0 Å². The summed E-state index contributed by atoms with van der Waals surface area (Å²) in [6, 6.07) is 41.8. The monoisotopic (exact) mass is 1600 g/mol. The maximum Gasteiger partial charge on any atom is 0.173 e. The Balaban J connectivity index is 0.000000334. The number of aliphatic imine (C=N–C) groups is 6. The maximum absolute atomic E-state index is 4.29. The Kier molecular flexibility index (Phi) is 52.6. The van der Waals surface area contributed by atoms with Crippen LogP contribution in [-0.2, 0) is 38.5 Å². The van der Waals surface area contributed by atoms with Crippen molar-refractivity contribution in [3.05, 3.63) is 274 Å². The molecule has 0 radical (unpaired) electrons. The lowest BCUT2D eigenvalue weighted by atomic mass is 10.1. The van der Waals surface area contributed by atoms with Crippen molar-refractivity contribution in [1.82, 2.24) is 70.5 Å². The molecule has 13 aromatic rings. The third-order valence-corrected chi connectivity index (χ3v) is 15.2. The molecular formula is C93H118N26. The molecule has 0 amide bonds. The van der Waals surface area contributed by atoms with Crippen molar-refractivity contribution in [3.63, 3.8) is 0 Å². The first-order valence-corrected chi connectivity index (χ1v) is 41.4. The molecule has 26 heteroatoms. The summed E-state index contributed by atoms with van der Waals surface area (Å²) >= 11 is 0. The van der Waals surface area contributed by atoms with E-state index < -0.39 is 0 Å². The summed E-state index contributed by atoms with van der Waals surface area (Å²) < 4.78 is 0. The summed E-state index contributed by atoms with van der Waals surface area (Å²) in [5, 5.41) is 32.1. The van der Waals surface area contributed by atoms with Crippen molar-refractivity contribution < 1.29 is 0 Å². The highest BCUT2D eigenvalue weighted by atomic mass is 15.1. The van der Waals surface area contributed by atoms with E-state index in [1.54, 1.807) is 74.5 Å². The fourth-order valence-corrected chi connectivity index (χ4v) is 10.3. The second kappa shape index (κ2) is 62.8. The minimum absolute atomic E-state index is 0.571. The lowest BCUT2D eigenvalue weighted by molar-refractivity contribution is 1.01. The van der Waals surface area contributed by atoms with E-state index in [2.05, 4.69) is 143 Å². The third-order valence-electron chi connectivity index (χ3n) is 15.2. The van der Waals surface area contributed by atoms with Crippen molar-refractivity contribution in [2.24, 2.45) is 59.9 Å². The predicted octanol–water partition coefficient (Wildman–Crippen LogP) is 18.3. The van der Waals surface area contributed by atoms with Crippen LogP contribution in [0.4, 0.5) is 34.4 Å². The zero-order chi connectivity index (χ0) is 86.9. The van der Waals surface area contributed by atoms with Crippen LogP contribution in [0, 0.1) is 0 Å². The molecule has 0 fully saturated rings. The van der Waals surface area contributed by atoms with Crippen LogP contribution in [0.3, 0.4) is 0 Å². The van der Waals surface area contributed by atoms with Gasteiger partial charge in [0.15, 0.2) is 11.6 Å². The minimum atomic E-state index is 0.571. The Morgan fingerprint density at radius 1 is 0.252 bits per heavy atom. The number of hydrogen-bond donors (Lipinski definition) is 0. The molecule has 0 aliphatic carbocycles. The molecule has 119 heavy (non-hydrogen) atoms. The van der Waals surface area contributed by atoms with Gasteiger partial charge >= 0.3 is 0 Å². The van der Waals surface area contributed by atoms with Gasteiger partial charge in [-0.3, -0.25) is 64.9 Å². The highest BCUT2D eigenvalue weighted by Crippen LogP contribution is 2.23. The largest absolute Gasteiger partial charge is 0.261 e. The number of para-hydroxylation sites is 4. The first-order valence-electron chi connectivity index (χ1n) is 41.4. The van der Waals surface area contributed by atoms with E-state index in [0.717, 1.165) is 155 Å². The number of hydrogen-bond acceptors (Lipinski definition) is 26.